The number of benzene rings is 1. The number of fused-ring (bicyclic) bond motifs is 2. The van der Waals surface area contributed by atoms with E-state index < -0.39 is 0 Å². The maximum Gasteiger partial charge on any atom is 0.266 e. The number of anilines is 1. The molecule has 0 fully saturated rings. The molecule has 0 saturated heterocycles. The van der Waals surface area contributed by atoms with Crippen LogP contribution in [0.2, 0.25) is 0 Å². The summed E-state index contributed by atoms with van der Waals surface area (Å²) in [5.74, 6) is -0.523. The topological polar surface area (TPSA) is 41.8 Å². The number of hydrogen-bond donors (Lipinski definition) is 0. The van der Waals surface area contributed by atoms with E-state index in [1.165, 1.54) is 4.90 Å². The summed E-state index contributed by atoms with van der Waals surface area (Å²) in [5.41, 5.74) is 2.39. The largest absolute Gasteiger partial charge is 0.322 e. The number of carbonyl (C=O) groups is 2. The van der Waals surface area contributed by atoms with E-state index in [0.717, 1.165) is 5.52 Å². The molecule has 1 aromatic carbocycles. The second-order valence-electron chi connectivity index (χ2n) is 4.69. The van der Waals surface area contributed by atoms with Crippen molar-refractivity contribution >= 4 is 23.0 Å². The third-order valence-corrected chi connectivity index (χ3v) is 3.58. The van der Waals surface area contributed by atoms with Crippen LogP contribution in [-0.4, -0.2) is 16.2 Å². The Balaban J connectivity index is 1.93. The number of hydrogen-bond acceptors (Lipinski definition) is 2. The van der Waals surface area contributed by atoms with Gasteiger partial charge in [0.05, 0.1) is 22.3 Å². The van der Waals surface area contributed by atoms with E-state index in [4.69, 9.17) is 0 Å². The van der Waals surface area contributed by atoms with E-state index in [1.54, 1.807) is 30.3 Å². The van der Waals surface area contributed by atoms with Crippen molar-refractivity contribution in [2.75, 3.05) is 4.90 Å². The molecule has 20 heavy (non-hydrogen) atoms. The minimum atomic E-state index is -0.262. The lowest BCUT2D eigenvalue weighted by Gasteiger charge is -2.12. The Morgan fingerprint density at radius 1 is 0.700 bits per heavy atom. The molecule has 0 spiro atoms. The molecule has 3 heterocycles. The smallest absolute Gasteiger partial charge is 0.266 e. The Morgan fingerprint density at radius 3 is 2.05 bits per heavy atom. The van der Waals surface area contributed by atoms with Crippen LogP contribution in [-0.2, 0) is 0 Å². The summed E-state index contributed by atoms with van der Waals surface area (Å²) in [5, 5.41) is 0. The van der Waals surface area contributed by atoms with Gasteiger partial charge in [0.25, 0.3) is 11.8 Å². The number of amides is 2. The fourth-order valence-electron chi connectivity index (χ4n) is 2.64. The van der Waals surface area contributed by atoms with Gasteiger partial charge in [-0.3, -0.25) is 9.59 Å². The zero-order valence-corrected chi connectivity index (χ0v) is 10.5. The summed E-state index contributed by atoms with van der Waals surface area (Å²) in [7, 11) is 0. The van der Waals surface area contributed by atoms with E-state index >= 15 is 0 Å². The van der Waals surface area contributed by atoms with Crippen molar-refractivity contribution in [3.63, 3.8) is 0 Å². The van der Waals surface area contributed by atoms with Crippen LogP contribution in [0.1, 0.15) is 20.7 Å². The SMILES string of the molecule is O=C1c2ccccc2C(=O)N1c1ccn2ccccc12. The predicted molar refractivity (Wildman–Crippen MR) is 75.0 cm³/mol. The molecule has 0 saturated carbocycles. The van der Waals surface area contributed by atoms with Crippen LogP contribution < -0.4 is 4.90 Å². The van der Waals surface area contributed by atoms with Crippen molar-refractivity contribution in [3.05, 3.63) is 72.1 Å². The Morgan fingerprint density at radius 2 is 1.35 bits per heavy atom. The summed E-state index contributed by atoms with van der Waals surface area (Å²) in [6, 6.07) is 14.4. The molecule has 0 aliphatic carbocycles. The van der Waals surface area contributed by atoms with Gasteiger partial charge >= 0.3 is 0 Å². The summed E-state index contributed by atoms with van der Waals surface area (Å²) < 4.78 is 1.89. The Kier molecular flexibility index (Phi) is 2.09. The van der Waals surface area contributed by atoms with Crippen LogP contribution in [0.25, 0.3) is 5.52 Å². The van der Waals surface area contributed by atoms with Crippen molar-refractivity contribution in [1.29, 1.82) is 0 Å². The van der Waals surface area contributed by atoms with Crippen LogP contribution in [0.4, 0.5) is 5.69 Å². The van der Waals surface area contributed by atoms with Crippen molar-refractivity contribution < 1.29 is 9.59 Å². The van der Waals surface area contributed by atoms with Gasteiger partial charge in [-0.25, -0.2) is 4.90 Å². The molecule has 4 rings (SSSR count). The molecule has 0 unspecified atom stereocenters. The van der Waals surface area contributed by atoms with Gasteiger partial charge in [0.2, 0.25) is 0 Å². The highest BCUT2D eigenvalue weighted by Crippen LogP contribution is 2.31. The van der Waals surface area contributed by atoms with Gasteiger partial charge in [-0.2, -0.15) is 0 Å². The summed E-state index contributed by atoms with van der Waals surface area (Å²) in [6.07, 6.45) is 3.73. The predicted octanol–water partition coefficient (Wildman–Crippen LogP) is 2.74. The van der Waals surface area contributed by atoms with E-state index in [2.05, 4.69) is 0 Å². The molecule has 0 radical (unpaired) electrons. The zero-order chi connectivity index (χ0) is 13.7. The minimum absolute atomic E-state index is 0.262. The molecule has 1 aliphatic rings. The zero-order valence-electron chi connectivity index (χ0n) is 10.5. The first-order chi connectivity index (χ1) is 9.77. The lowest BCUT2D eigenvalue weighted by Crippen LogP contribution is -2.29. The van der Waals surface area contributed by atoms with Gasteiger partial charge in [-0.05, 0) is 30.3 Å². The Bertz CT molecular complexity index is 829. The van der Waals surface area contributed by atoms with Crippen molar-refractivity contribution in [2.45, 2.75) is 0 Å². The highest BCUT2D eigenvalue weighted by atomic mass is 16.2. The molecular weight excluding hydrogens is 252 g/mol. The Hall–Kier alpha value is -2.88. The summed E-state index contributed by atoms with van der Waals surface area (Å²) in [4.78, 5) is 26.1. The van der Waals surface area contributed by atoms with Gasteiger partial charge in [-0.15, -0.1) is 0 Å². The van der Waals surface area contributed by atoms with Crippen LogP contribution in [0.15, 0.2) is 60.9 Å². The monoisotopic (exact) mass is 262 g/mol. The first-order valence-electron chi connectivity index (χ1n) is 6.31. The van der Waals surface area contributed by atoms with Crippen LogP contribution >= 0.6 is 0 Å². The quantitative estimate of drug-likeness (QED) is 0.633. The molecule has 3 aromatic rings. The first kappa shape index (κ1) is 11.0. The molecule has 1 aliphatic heterocycles. The van der Waals surface area contributed by atoms with Gasteiger partial charge < -0.3 is 4.40 Å². The Labute approximate surface area is 114 Å². The minimum Gasteiger partial charge on any atom is -0.322 e. The summed E-state index contributed by atoms with van der Waals surface area (Å²) >= 11 is 0. The van der Waals surface area contributed by atoms with E-state index in [-0.39, 0.29) is 11.8 Å². The lowest BCUT2D eigenvalue weighted by atomic mass is 10.1. The molecular formula is C16H10N2O2. The van der Waals surface area contributed by atoms with Gasteiger partial charge in [-0.1, -0.05) is 18.2 Å². The van der Waals surface area contributed by atoms with Crippen molar-refractivity contribution in [2.24, 2.45) is 0 Å². The molecule has 2 aromatic heterocycles. The second kappa shape index (κ2) is 3.81. The number of pyridine rings is 1. The number of nitrogens with zero attached hydrogens (tertiary/aromatic N) is 2. The number of aromatic nitrogens is 1. The molecule has 4 nitrogen and oxygen atoms in total. The molecule has 0 N–H and O–H groups in total. The third-order valence-electron chi connectivity index (χ3n) is 3.58. The van der Waals surface area contributed by atoms with Gasteiger partial charge in [0.15, 0.2) is 0 Å². The molecule has 4 heteroatoms. The maximum atomic E-state index is 12.4. The molecule has 0 bridgehead atoms. The maximum absolute atomic E-state index is 12.4. The first-order valence-corrected chi connectivity index (χ1v) is 6.31. The molecule has 2 amide bonds. The molecule has 96 valence electrons. The van der Waals surface area contributed by atoms with Gasteiger partial charge in [0, 0.05) is 12.4 Å². The second-order valence-corrected chi connectivity index (χ2v) is 4.69. The number of rotatable bonds is 1. The normalized spacial score (nSPS) is 14.1. The third kappa shape index (κ3) is 1.30. The lowest BCUT2D eigenvalue weighted by molar-refractivity contribution is 0.0926. The number of carbonyl (C=O) groups excluding carboxylic acids is 2. The fraction of sp³-hybridized carbons (Fsp3) is 0. The number of imide groups is 1. The van der Waals surface area contributed by atoms with Crippen LogP contribution in [0.3, 0.4) is 0 Å². The highest BCUT2D eigenvalue weighted by Gasteiger charge is 2.37. The van der Waals surface area contributed by atoms with E-state index in [0.29, 0.717) is 16.8 Å². The van der Waals surface area contributed by atoms with Crippen LogP contribution in [0, 0.1) is 0 Å². The standard InChI is InChI=1S/C16H10N2O2/c19-15-11-5-1-2-6-12(11)16(20)18(15)14-8-10-17-9-4-3-7-13(14)17/h1-10H. The van der Waals surface area contributed by atoms with Crippen molar-refractivity contribution in [3.8, 4) is 0 Å². The molecule has 0 atom stereocenters. The van der Waals surface area contributed by atoms with Crippen LogP contribution in [0.5, 0.6) is 0 Å². The highest BCUT2D eigenvalue weighted by molar-refractivity contribution is 6.35. The average molecular weight is 262 g/mol. The average Bonchev–Trinajstić information content (AvgIpc) is 3.01. The van der Waals surface area contributed by atoms with E-state index in [9.17, 15) is 9.59 Å². The summed E-state index contributed by atoms with van der Waals surface area (Å²) in [6.45, 7) is 0. The van der Waals surface area contributed by atoms with E-state index in [1.807, 2.05) is 35.0 Å². The fourth-order valence-corrected chi connectivity index (χ4v) is 2.64. The van der Waals surface area contributed by atoms with Gasteiger partial charge in [0.1, 0.15) is 0 Å². The van der Waals surface area contributed by atoms with Crippen molar-refractivity contribution in [1.82, 2.24) is 4.40 Å².